The highest BCUT2D eigenvalue weighted by molar-refractivity contribution is 6.30. The number of ether oxygens (including phenoxy) is 1. The molecule has 2 atom stereocenters. The first kappa shape index (κ1) is 13.2. The van der Waals surface area contributed by atoms with Gasteiger partial charge in [-0.3, -0.25) is 4.79 Å². The second-order valence-electron chi connectivity index (χ2n) is 3.37. The van der Waals surface area contributed by atoms with Crippen molar-refractivity contribution in [2.45, 2.75) is 32.2 Å². The number of carbonyl (C=O) groups excluding carboxylic acids is 2. The van der Waals surface area contributed by atoms with Crippen molar-refractivity contribution in [2.75, 3.05) is 7.11 Å². The van der Waals surface area contributed by atoms with E-state index >= 15 is 0 Å². The first-order valence-corrected chi connectivity index (χ1v) is 4.86. The minimum absolute atomic E-state index is 0.0261. The van der Waals surface area contributed by atoms with Crippen LogP contribution in [0.25, 0.3) is 0 Å². The molecule has 0 bridgehead atoms. The van der Waals surface area contributed by atoms with E-state index in [1.165, 1.54) is 7.11 Å². The van der Waals surface area contributed by atoms with E-state index in [1.807, 2.05) is 13.8 Å². The van der Waals surface area contributed by atoms with Crippen molar-refractivity contribution in [1.82, 2.24) is 5.32 Å². The predicted molar refractivity (Wildman–Crippen MR) is 54.1 cm³/mol. The third kappa shape index (κ3) is 3.96. The lowest BCUT2D eigenvalue weighted by Crippen LogP contribution is -2.47. The van der Waals surface area contributed by atoms with Crippen LogP contribution in [-0.2, 0) is 14.3 Å². The summed E-state index contributed by atoms with van der Waals surface area (Å²) < 4.78 is 4.56. The number of esters is 1. The van der Waals surface area contributed by atoms with Crippen molar-refractivity contribution < 1.29 is 14.3 Å². The number of nitrogens with one attached hydrogen (secondary N) is 1. The van der Waals surface area contributed by atoms with Crippen LogP contribution < -0.4 is 5.32 Å². The molecule has 0 spiro atoms. The van der Waals surface area contributed by atoms with Crippen LogP contribution in [0.4, 0.5) is 0 Å². The molecule has 1 N–H and O–H groups in total. The molecule has 82 valence electrons. The molecule has 0 aromatic heterocycles. The standard InChI is InChI=1S/C9H16ClNO3/c1-5(2)7(9(13)14-4)11-8(12)6(3)10/h5-7H,1-4H3,(H,11,12)/t6?,7-/m0/s1. The van der Waals surface area contributed by atoms with Crippen molar-refractivity contribution in [3.05, 3.63) is 0 Å². The number of methoxy groups -OCH3 is 1. The molecule has 0 saturated carbocycles. The van der Waals surface area contributed by atoms with E-state index in [2.05, 4.69) is 10.1 Å². The molecular formula is C9H16ClNO3. The fraction of sp³-hybridized carbons (Fsp3) is 0.778. The number of halogens is 1. The number of rotatable bonds is 4. The Kier molecular flexibility index (Phi) is 5.53. The van der Waals surface area contributed by atoms with Crippen molar-refractivity contribution in [3.8, 4) is 0 Å². The van der Waals surface area contributed by atoms with E-state index in [1.54, 1.807) is 6.92 Å². The van der Waals surface area contributed by atoms with Crippen molar-refractivity contribution in [1.29, 1.82) is 0 Å². The maximum absolute atomic E-state index is 11.2. The summed E-state index contributed by atoms with van der Waals surface area (Å²) in [5, 5.41) is 1.87. The minimum Gasteiger partial charge on any atom is -0.467 e. The lowest BCUT2D eigenvalue weighted by Gasteiger charge is -2.20. The largest absolute Gasteiger partial charge is 0.467 e. The number of hydrogen-bond donors (Lipinski definition) is 1. The molecule has 14 heavy (non-hydrogen) atoms. The quantitative estimate of drug-likeness (QED) is 0.568. The van der Waals surface area contributed by atoms with Gasteiger partial charge >= 0.3 is 5.97 Å². The highest BCUT2D eigenvalue weighted by Gasteiger charge is 2.25. The molecule has 1 amide bonds. The fourth-order valence-corrected chi connectivity index (χ4v) is 0.956. The van der Waals surface area contributed by atoms with Gasteiger partial charge in [0, 0.05) is 0 Å². The molecule has 0 heterocycles. The Morgan fingerprint density at radius 2 is 1.79 bits per heavy atom. The summed E-state index contributed by atoms with van der Waals surface area (Å²) in [6, 6.07) is -0.631. The molecule has 0 radical (unpaired) electrons. The Morgan fingerprint density at radius 3 is 2.07 bits per heavy atom. The summed E-state index contributed by atoms with van der Waals surface area (Å²) in [5.74, 6) is -0.844. The van der Waals surface area contributed by atoms with Gasteiger partial charge in [-0.15, -0.1) is 11.6 Å². The van der Waals surface area contributed by atoms with E-state index in [0.29, 0.717) is 0 Å². The van der Waals surface area contributed by atoms with Gasteiger partial charge in [-0.2, -0.15) is 0 Å². The molecule has 0 aliphatic heterocycles. The predicted octanol–water partition coefficient (Wildman–Crippen LogP) is 0.927. The van der Waals surface area contributed by atoms with Gasteiger partial charge in [0.05, 0.1) is 7.11 Å². The number of amides is 1. The van der Waals surface area contributed by atoms with Crippen LogP contribution in [0.5, 0.6) is 0 Å². The molecule has 0 aromatic rings. The summed E-state index contributed by atoms with van der Waals surface area (Å²) in [7, 11) is 1.29. The van der Waals surface area contributed by atoms with Gasteiger partial charge in [-0.1, -0.05) is 13.8 Å². The zero-order valence-corrected chi connectivity index (χ0v) is 9.59. The molecule has 5 heteroatoms. The zero-order valence-electron chi connectivity index (χ0n) is 8.83. The second-order valence-corrected chi connectivity index (χ2v) is 4.02. The van der Waals surface area contributed by atoms with Gasteiger partial charge in [0.25, 0.3) is 0 Å². The normalized spacial score (nSPS) is 14.7. The van der Waals surface area contributed by atoms with Gasteiger partial charge < -0.3 is 10.1 Å². The molecule has 0 aromatic carbocycles. The SMILES string of the molecule is COC(=O)[C@@H](NC(=O)C(C)Cl)C(C)C. The summed E-state index contributed by atoms with van der Waals surface area (Å²) in [6.07, 6.45) is 0. The van der Waals surface area contributed by atoms with Gasteiger partial charge in [-0.25, -0.2) is 4.79 Å². The average molecular weight is 222 g/mol. The second kappa shape index (κ2) is 5.86. The van der Waals surface area contributed by atoms with Gasteiger partial charge in [0.2, 0.25) is 5.91 Å². The van der Waals surface area contributed by atoms with Crippen LogP contribution in [0.15, 0.2) is 0 Å². The summed E-state index contributed by atoms with van der Waals surface area (Å²) in [4.78, 5) is 22.5. The molecule has 0 rings (SSSR count). The first-order chi connectivity index (χ1) is 6.40. The Balaban J connectivity index is 4.38. The molecule has 0 aliphatic carbocycles. The smallest absolute Gasteiger partial charge is 0.328 e. The third-order valence-electron chi connectivity index (χ3n) is 1.78. The van der Waals surface area contributed by atoms with Crippen LogP contribution in [0.3, 0.4) is 0 Å². The molecule has 4 nitrogen and oxygen atoms in total. The average Bonchev–Trinajstić information content (AvgIpc) is 2.11. The van der Waals surface area contributed by atoms with Crippen LogP contribution >= 0.6 is 11.6 Å². The minimum atomic E-state index is -0.652. The summed E-state index contributed by atoms with van der Waals surface area (Å²) >= 11 is 5.56. The fourth-order valence-electron chi connectivity index (χ4n) is 0.893. The van der Waals surface area contributed by atoms with Crippen molar-refractivity contribution in [3.63, 3.8) is 0 Å². The number of carbonyl (C=O) groups is 2. The third-order valence-corrected chi connectivity index (χ3v) is 1.98. The number of alkyl halides is 1. The van der Waals surface area contributed by atoms with Crippen LogP contribution in [-0.4, -0.2) is 30.4 Å². The molecule has 0 saturated heterocycles. The molecule has 0 fully saturated rings. The van der Waals surface area contributed by atoms with Gasteiger partial charge in [0.1, 0.15) is 11.4 Å². The van der Waals surface area contributed by atoms with Gasteiger partial charge in [0.15, 0.2) is 0 Å². The van der Waals surface area contributed by atoms with E-state index < -0.39 is 17.4 Å². The molecule has 1 unspecified atom stereocenters. The van der Waals surface area contributed by atoms with Crippen LogP contribution in [0.1, 0.15) is 20.8 Å². The summed E-state index contributed by atoms with van der Waals surface area (Å²) in [5.41, 5.74) is 0. The Hall–Kier alpha value is -0.770. The molecule has 0 aliphatic rings. The lowest BCUT2D eigenvalue weighted by molar-refractivity contribution is -0.146. The van der Waals surface area contributed by atoms with E-state index in [4.69, 9.17) is 11.6 Å². The van der Waals surface area contributed by atoms with Crippen molar-refractivity contribution >= 4 is 23.5 Å². The lowest BCUT2D eigenvalue weighted by atomic mass is 10.0. The van der Waals surface area contributed by atoms with Crippen molar-refractivity contribution in [2.24, 2.45) is 5.92 Å². The highest BCUT2D eigenvalue weighted by Crippen LogP contribution is 2.05. The van der Waals surface area contributed by atoms with E-state index in [9.17, 15) is 9.59 Å². The zero-order chi connectivity index (χ0) is 11.3. The highest BCUT2D eigenvalue weighted by atomic mass is 35.5. The van der Waals surface area contributed by atoms with E-state index in [0.717, 1.165) is 0 Å². The number of hydrogen-bond acceptors (Lipinski definition) is 3. The summed E-state index contributed by atoms with van der Waals surface area (Å²) in [6.45, 7) is 5.19. The molecular weight excluding hydrogens is 206 g/mol. The van der Waals surface area contributed by atoms with Crippen LogP contribution in [0, 0.1) is 5.92 Å². The Morgan fingerprint density at radius 1 is 1.29 bits per heavy atom. The Bertz CT molecular complexity index is 216. The van der Waals surface area contributed by atoms with Gasteiger partial charge in [-0.05, 0) is 12.8 Å². The topological polar surface area (TPSA) is 55.4 Å². The maximum Gasteiger partial charge on any atom is 0.328 e. The Labute approximate surface area is 88.9 Å². The first-order valence-electron chi connectivity index (χ1n) is 4.42. The van der Waals surface area contributed by atoms with Crippen LogP contribution in [0.2, 0.25) is 0 Å². The monoisotopic (exact) mass is 221 g/mol. The maximum atomic E-state index is 11.2. The van der Waals surface area contributed by atoms with E-state index in [-0.39, 0.29) is 11.8 Å².